The van der Waals surface area contributed by atoms with Crippen molar-refractivity contribution in [3.05, 3.63) is 42.2 Å². The Labute approximate surface area is 121 Å². The van der Waals surface area contributed by atoms with Gasteiger partial charge in [-0.2, -0.15) is 5.10 Å². The molecular weight excluding hydrogens is 298 g/mol. The van der Waals surface area contributed by atoms with Crippen LogP contribution in [0.15, 0.2) is 41.6 Å². The maximum atomic E-state index is 12.1. The summed E-state index contributed by atoms with van der Waals surface area (Å²) in [6, 6.07) is 6.23. The van der Waals surface area contributed by atoms with Crippen LogP contribution in [0.4, 0.5) is 5.95 Å². The van der Waals surface area contributed by atoms with E-state index in [2.05, 4.69) is 19.9 Å². The lowest BCUT2D eigenvalue weighted by molar-refractivity contribution is 0.600. The van der Waals surface area contributed by atoms with E-state index >= 15 is 0 Å². The Balaban J connectivity index is 2.19. The smallest absolute Gasteiger partial charge is 0.264 e. The molecule has 0 radical (unpaired) electrons. The Hall–Kier alpha value is -2.13. The van der Waals surface area contributed by atoms with Gasteiger partial charge < -0.3 is 5.73 Å². The maximum Gasteiger partial charge on any atom is 0.264 e. The van der Waals surface area contributed by atoms with E-state index < -0.39 is 10.0 Å². The fraction of sp³-hybridized carbons (Fsp3) is 0.0909. The summed E-state index contributed by atoms with van der Waals surface area (Å²) in [5.74, 6) is -0.0836. The fourth-order valence-corrected chi connectivity index (χ4v) is 2.57. The van der Waals surface area contributed by atoms with Crippen LogP contribution < -0.4 is 10.5 Å². The fourth-order valence-electron chi connectivity index (χ4n) is 1.46. The SMILES string of the molecule is NC(=S)Cc1ccc(S(=O)(=O)Nc2nccnn2)cc1. The van der Waals surface area contributed by atoms with Crippen LogP contribution in [0.25, 0.3) is 0 Å². The van der Waals surface area contributed by atoms with E-state index in [-0.39, 0.29) is 10.8 Å². The first-order chi connectivity index (χ1) is 9.47. The molecule has 3 N–H and O–H groups in total. The number of aromatic nitrogens is 3. The van der Waals surface area contributed by atoms with Gasteiger partial charge in [0.15, 0.2) is 0 Å². The first-order valence-electron chi connectivity index (χ1n) is 5.51. The van der Waals surface area contributed by atoms with Crippen molar-refractivity contribution in [3.63, 3.8) is 0 Å². The summed E-state index contributed by atoms with van der Waals surface area (Å²) in [5, 5.41) is 7.10. The standard InChI is InChI=1S/C11H11N5O2S2/c12-10(19)7-8-1-3-9(4-2-8)20(17,18)16-11-13-5-6-14-15-11/h1-6H,7H2,(H2,12,19)(H,13,15,16). The molecule has 2 rings (SSSR count). The number of hydrogen-bond donors (Lipinski definition) is 2. The molecule has 1 heterocycles. The molecule has 0 fully saturated rings. The quantitative estimate of drug-likeness (QED) is 0.774. The van der Waals surface area contributed by atoms with Gasteiger partial charge in [-0.25, -0.2) is 18.1 Å². The highest BCUT2D eigenvalue weighted by Gasteiger charge is 2.15. The van der Waals surface area contributed by atoms with E-state index in [0.717, 1.165) is 5.56 Å². The van der Waals surface area contributed by atoms with Gasteiger partial charge in [0.2, 0.25) is 0 Å². The van der Waals surface area contributed by atoms with Crippen molar-refractivity contribution in [2.24, 2.45) is 5.73 Å². The van der Waals surface area contributed by atoms with Gasteiger partial charge in [-0.15, -0.1) is 5.10 Å². The molecule has 0 aliphatic carbocycles. The number of nitrogens with two attached hydrogens (primary N) is 1. The summed E-state index contributed by atoms with van der Waals surface area (Å²) in [5.41, 5.74) is 6.27. The lowest BCUT2D eigenvalue weighted by atomic mass is 10.1. The minimum absolute atomic E-state index is 0.0836. The molecule has 20 heavy (non-hydrogen) atoms. The normalized spacial score (nSPS) is 11.0. The molecular formula is C11H11N5O2S2. The third-order valence-corrected chi connectivity index (χ3v) is 3.81. The first-order valence-corrected chi connectivity index (χ1v) is 7.40. The summed E-state index contributed by atoms with van der Waals surface area (Å²) in [6.07, 6.45) is 3.12. The molecule has 104 valence electrons. The number of anilines is 1. The van der Waals surface area contributed by atoms with Crippen molar-refractivity contribution in [2.75, 3.05) is 4.72 Å². The summed E-state index contributed by atoms with van der Waals surface area (Å²) >= 11 is 4.79. The molecule has 2 aromatic rings. The Morgan fingerprint density at radius 2 is 1.95 bits per heavy atom. The highest BCUT2D eigenvalue weighted by atomic mass is 32.2. The Morgan fingerprint density at radius 1 is 1.25 bits per heavy atom. The zero-order chi connectivity index (χ0) is 14.6. The maximum absolute atomic E-state index is 12.1. The van der Waals surface area contributed by atoms with Gasteiger partial charge in [0, 0.05) is 6.42 Å². The van der Waals surface area contributed by atoms with E-state index in [4.69, 9.17) is 18.0 Å². The van der Waals surface area contributed by atoms with Gasteiger partial charge >= 0.3 is 0 Å². The number of nitrogens with zero attached hydrogens (tertiary/aromatic N) is 3. The molecule has 9 heteroatoms. The topological polar surface area (TPSA) is 111 Å². The van der Waals surface area contributed by atoms with Gasteiger partial charge in [0.05, 0.1) is 22.3 Å². The second-order valence-corrected chi connectivity index (χ2v) is 6.07. The predicted molar refractivity (Wildman–Crippen MR) is 77.6 cm³/mol. The summed E-state index contributed by atoms with van der Waals surface area (Å²) in [4.78, 5) is 4.19. The summed E-state index contributed by atoms with van der Waals surface area (Å²) < 4.78 is 26.4. The molecule has 0 aliphatic heterocycles. The molecule has 0 unspecified atom stereocenters. The number of benzene rings is 1. The molecule has 0 atom stereocenters. The van der Waals surface area contributed by atoms with Crippen LogP contribution in [0, 0.1) is 0 Å². The average Bonchev–Trinajstić information content (AvgIpc) is 2.39. The van der Waals surface area contributed by atoms with Crippen LogP contribution in [0.3, 0.4) is 0 Å². The highest BCUT2D eigenvalue weighted by Crippen LogP contribution is 2.13. The molecule has 1 aromatic carbocycles. The molecule has 0 spiro atoms. The lowest BCUT2D eigenvalue weighted by Crippen LogP contribution is -2.15. The van der Waals surface area contributed by atoms with Gasteiger partial charge in [0.1, 0.15) is 0 Å². The van der Waals surface area contributed by atoms with Gasteiger partial charge in [0.25, 0.3) is 16.0 Å². The molecule has 0 aliphatic rings. The lowest BCUT2D eigenvalue weighted by Gasteiger charge is -2.06. The highest BCUT2D eigenvalue weighted by molar-refractivity contribution is 7.92. The van der Waals surface area contributed by atoms with Gasteiger partial charge in [-0.3, -0.25) is 0 Å². The van der Waals surface area contributed by atoms with Crippen molar-refractivity contribution < 1.29 is 8.42 Å². The minimum Gasteiger partial charge on any atom is -0.393 e. The van der Waals surface area contributed by atoms with Crippen LogP contribution in [0.1, 0.15) is 5.56 Å². The molecule has 0 bridgehead atoms. The number of hydrogen-bond acceptors (Lipinski definition) is 6. The summed E-state index contributed by atoms with van der Waals surface area (Å²) in [6.45, 7) is 0. The number of rotatable bonds is 5. The Morgan fingerprint density at radius 3 is 2.50 bits per heavy atom. The third kappa shape index (κ3) is 3.68. The number of thiocarbonyl (C=S) groups is 1. The predicted octanol–water partition coefficient (Wildman–Crippen LogP) is 0.501. The number of nitrogens with one attached hydrogen (secondary N) is 1. The van der Waals surface area contributed by atoms with Crippen LogP contribution >= 0.6 is 12.2 Å². The Kier molecular flexibility index (Phi) is 4.20. The van der Waals surface area contributed by atoms with Crippen LogP contribution in [0.5, 0.6) is 0 Å². The van der Waals surface area contributed by atoms with Crippen LogP contribution in [0.2, 0.25) is 0 Å². The summed E-state index contributed by atoms with van der Waals surface area (Å²) in [7, 11) is -3.74. The van der Waals surface area contributed by atoms with Crippen molar-refractivity contribution >= 4 is 33.2 Å². The van der Waals surface area contributed by atoms with E-state index in [1.54, 1.807) is 12.1 Å². The second-order valence-electron chi connectivity index (χ2n) is 3.86. The Bertz CT molecular complexity index is 701. The van der Waals surface area contributed by atoms with Crippen LogP contribution in [-0.4, -0.2) is 28.6 Å². The monoisotopic (exact) mass is 309 g/mol. The third-order valence-electron chi connectivity index (χ3n) is 2.32. The molecule has 0 saturated carbocycles. The zero-order valence-corrected chi connectivity index (χ0v) is 11.9. The minimum atomic E-state index is -3.74. The van der Waals surface area contributed by atoms with Crippen molar-refractivity contribution in [2.45, 2.75) is 11.3 Å². The molecule has 0 saturated heterocycles. The van der Waals surface area contributed by atoms with Gasteiger partial charge in [-0.05, 0) is 17.7 Å². The van der Waals surface area contributed by atoms with Gasteiger partial charge in [-0.1, -0.05) is 24.4 Å². The van der Waals surface area contributed by atoms with E-state index in [1.807, 2.05) is 0 Å². The van der Waals surface area contributed by atoms with Crippen molar-refractivity contribution in [3.8, 4) is 0 Å². The van der Waals surface area contributed by atoms with Crippen LogP contribution in [-0.2, 0) is 16.4 Å². The van der Waals surface area contributed by atoms with Crippen molar-refractivity contribution in [1.29, 1.82) is 0 Å². The van der Waals surface area contributed by atoms with E-state index in [0.29, 0.717) is 11.4 Å². The largest absolute Gasteiger partial charge is 0.393 e. The van der Waals surface area contributed by atoms with E-state index in [9.17, 15) is 8.42 Å². The average molecular weight is 309 g/mol. The first kappa shape index (κ1) is 14.3. The molecule has 1 aromatic heterocycles. The zero-order valence-electron chi connectivity index (χ0n) is 10.2. The molecule has 7 nitrogen and oxygen atoms in total. The van der Waals surface area contributed by atoms with E-state index in [1.165, 1.54) is 24.5 Å². The second kappa shape index (κ2) is 5.88. The van der Waals surface area contributed by atoms with Crippen molar-refractivity contribution in [1.82, 2.24) is 15.2 Å². The number of sulfonamides is 1. The molecule has 0 amide bonds.